The molecule has 0 fully saturated rings. The van der Waals surface area contributed by atoms with Gasteiger partial charge < -0.3 is 9.72 Å². The zero-order valence-electron chi connectivity index (χ0n) is 14.8. The Labute approximate surface area is 170 Å². The average molecular weight is 409 g/mol. The highest BCUT2D eigenvalue weighted by atomic mass is 35.5. The largest absolute Gasteiger partial charge is 0.437 e. The Morgan fingerprint density at radius 1 is 0.964 bits per heavy atom. The molecular formula is C22H14Cl2N2O2. The number of H-pyrrole nitrogens is 1. The minimum Gasteiger partial charge on any atom is -0.437 e. The van der Waals surface area contributed by atoms with Crippen LogP contribution in [0.4, 0.5) is 0 Å². The van der Waals surface area contributed by atoms with Crippen LogP contribution in [0.2, 0.25) is 10.0 Å². The summed E-state index contributed by atoms with van der Waals surface area (Å²) >= 11 is 13.1. The van der Waals surface area contributed by atoms with Gasteiger partial charge in [-0.2, -0.15) is 4.98 Å². The van der Waals surface area contributed by atoms with E-state index in [2.05, 4.69) is 9.97 Å². The molecule has 6 heteroatoms. The zero-order chi connectivity index (χ0) is 19.4. The van der Waals surface area contributed by atoms with Crippen LogP contribution in [-0.4, -0.2) is 9.97 Å². The van der Waals surface area contributed by atoms with Gasteiger partial charge in [-0.25, -0.2) is 0 Å². The fourth-order valence-corrected chi connectivity index (χ4v) is 4.46. The summed E-state index contributed by atoms with van der Waals surface area (Å²) in [7, 11) is 0. The first-order valence-corrected chi connectivity index (χ1v) is 9.54. The highest BCUT2D eigenvalue weighted by molar-refractivity contribution is 6.36. The molecule has 138 valence electrons. The second-order valence-electron chi connectivity index (χ2n) is 6.75. The van der Waals surface area contributed by atoms with Crippen LogP contribution < -0.4 is 10.3 Å². The van der Waals surface area contributed by atoms with Crippen LogP contribution in [0.1, 0.15) is 28.4 Å². The van der Waals surface area contributed by atoms with Crippen LogP contribution in [0.25, 0.3) is 10.8 Å². The molecule has 1 atom stereocenters. The maximum atomic E-state index is 12.9. The van der Waals surface area contributed by atoms with E-state index in [-0.39, 0.29) is 11.4 Å². The number of nitrogens with zero attached hydrogens (tertiary/aromatic N) is 1. The molecule has 0 saturated carbocycles. The molecule has 0 aliphatic carbocycles. The molecule has 4 aromatic rings. The first-order valence-electron chi connectivity index (χ1n) is 8.79. The number of hydrogen-bond donors (Lipinski definition) is 1. The third kappa shape index (κ3) is 2.53. The monoisotopic (exact) mass is 408 g/mol. The summed E-state index contributed by atoms with van der Waals surface area (Å²) in [5.41, 5.74) is 1.64. The number of rotatable bonds is 1. The maximum Gasteiger partial charge on any atom is 0.258 e. The third-order valence-corrected chi connectivity index (χ3v) is 5.69. The van der Waals surface area contributed by atoms with Gasteiger partial charge in [-0.05, 0) is 24.4 Å². The van der Waals surface area contributed by atoms with E-state index in [0.29, 0.717) is 32.7 Å². The van der Waals surface area contributed by atoms with Crippen molar-refractivity contribution in [3.63, 3.8) is 0 Å². The predicted molar refractivity (Wildman–Crippen MR) is 111 cm³/mol. The van der Waals surface area contributed by atoms with E-state index in [1.54, 1.807) is 25.1 Å². The fourth-order valence-electron chi connectivity index (χ4n) is 3.84. The Morgan fingerprint density at radius 3 is 2.50 bits per heavy atom. The van der Waals surface area contributed by atoms with Gasteiger partial charge in [0.2, 0.25) is 5.88 Å². The number of aryl methyl sites for hydroxylation is 1. The molecule has 0 radical (unpaired) electrons. The summed E-state index contributed by atoms with van der Waals surface area (Å²) in [6.07, 6.45) is 0. The Kier molecular flexibility index (Phi) is 3.93. The SMILES string of the molecule is Cc1nc2c(c(=O)[nH]1)C(c1c(Cl)cccc1Cl)c1ccc3ccccc3c1O2. The molecule has 5 rings (SSSR count). The van der Waals surface area contributed by atoms with E-state index < -0.39 is 5.92 Å². The first-order chi connectivity index (χ1) is 13.5. The van der Waals surface area contributed by atoms with Gasteiger partial charge in [0.05, 0.1) is 11.5 Å². The molecule has 1 aromatic heterocycles. The number of hydrogen-bond acceptors (Lipinski definition) is 3. The quantitative estimate of drug-likeness (QED) is 0.379. The van der Waals surface area contributed by atoms with Gasteiger partial charge in [0.15, 0.2) is 0 Å². The van der Waals surface area contributed by atoms with Gasteiger partial charge in [-0.1, -0.05) is 65.7 Å². The second kappa shape index (κ2) is 6.36. The Balaban J connectivity index is 1.92. The molecule has 1 unspecified atom stereocenters. The van der Waals surface area contributed by atoms with Crippen LogP contribution in [0, 0.1) is 6.92 Å². The maximum absolute atomic E-state index is 12.9. The van der Waals surface area contributed by atoms with E-state index in [1.165, 1.54) is 0 Å². The lowest BCUT2D eigenvalue weighted by Crippen LogP contribution is -2.25. The summed E-state index contributed by atoms with van der Waals surface area (Å²) in [5, 5.41) is 2.96. The normalized spacial score (nSPS) is 15.0. The number of nitrogens with one attached hydrogen (secondary N) is 1. The van der Waals surface area contributed by atoms with Crippen LogP contribution in [0.3, 0.4) is 0 Å². The van der Waals surface area contributed by atoms with Crippen molar-refractivity contribution < 1.29 is 4.74 Å². The molecule has 3 aromatic carbocycles. The number of fused-ring (bicyclic) bond motifs is 4. The second-order valence-corrected chi connectivity index (χ2v) is 7.56. The minimum atomic E-state index is -0.485. The lowest BCUT2D eigenvalue weighted by molar-refractivity contribution is 0.433. The fraction of sp³-hybridized carbons (Fsp3) is 0.0909. The summed E-state index contributed by atoms with van der Waals surface area (Å²) < 4.78 is 6.17. The molecular weight excluding hydrogens is 395 g/mol. The van der Waals surface area contributed by atoms with E-state index in [0.717, 1.165) is 16.3 Å². The molecule has 0 amide bonds. The standard InChI is InChI=1S/C22H14Cl2N2O2/c1-11-25-21(27)19-17(18-15(23)7-4-8-16(18)24)14-10-9-12-5-2-3-6-13(12)20(14)28-22(19)26-11/h2-10,17H,1H3,(H,25,26,27). The van der Waals surface area contributed by atoms with Gasteiger partial charge in [-0.15, -0.1) is 0 Å². The van der Waals surface area contributed by atoms with Crippen molar-refractivity contribution in [3.05, 3.63) is 97.5 Å². The third-order valence-electron chi connectivity index (χ3n) is 5.04. The lowest BCUT2D eigenvalue weighted by atomic mass is 9.83. The van der Waals surface area contributed by atoms with Gasteiger partial charge in [0.1, 0.15) is 11.6 Å². The van der Waals surface area contributed by atoms with Gasteiger partial charge in [0.25, 0.3) is 5.56 Å². The molecule has 0 bridgehead atoms. The lowest BCUT2D eigenvalue weighted by Gasteiger charge is -2.29. The highest BCUT2D eigenvalue weighted by Crippen LogP contribution is 2.50. The summed E-state index contributed by atoms with van der Waals surface area (Å²) in [6, 6.07) is 17.2. The predicted octanol–water partition coefficient (Wildman–Crippen LogP) is 5.82. The average Bonchev–Trinajstić information content (AvgIpc) is 2.67. The van der Waals surface area contributed by atoms with Crippen molar-refractivity contribution in [1.29, 1.82) is 0 Å². The topological polar surface area (TPSA) is 55.0 Å². The number of aromatic nitrogens is 2. The Hall–Kier alpha value is -2.82. The van der Waals surface area contributed by atoms with Crippen molar-refractivity contribution in [2.45, 2.75) is 12.8 Å². The van der Waals surface area contributed by atoms with Crippen LogP contribution in [0.15, 0.2) is 59.4 Å². The zero-order valence-corrected chi connectivity index (χ0v) is 16.3. The molecule has 2 heterocycles. The van der Waals surface area contributed by atoms with Crippen molar-refractivity contribution >= 4 is 34.0 Å². The minimum absolute atomic E-state index is 0.262. The van der Waals surface area contributed by atoms with Crippen molar-refractivity contribution in [2.75, 3.05) is 0 Å². The molecule has 1 aliphatic heterocycles. The molecule has 1 N–H and O–H groups in total. The summed E-state index contributed by atoms with van der Waals surface area (Å²) in [4.78, 5) is 20.1. The number of halogens is 2. The van der Waals surface area contributed by atoms with Gasteiger partial charge in [0, 0.05) is 26.6 Å². The van der Waals surface area contributed by atoms with Gasteiger partial charge in [-0.3, -0.25) is 4.79 Å². The van der Waals surface area contributed by atoms with Crippen LogP contribution in [-0.2, 0) is 0 Å². The molecule has 0 saturated heterocycles. The van der Waals surface area contributed by atoms with E-state index >= 15 is 0 Å². The van der Waals surface area contributed by atoms with E-state index in [1.807, 2.05) is 36.4 Å². The number of benzene rings is 3. The first kappa shape index (κ1) is 17.3. The van der Waals surface area contributed by atoms with Crippen molar-refractivity contribution in [3.8, 4) is 11.6 Å². The van der Waals surface area contributed by atoms with Crippen LogP contribution >= 0.6 is 23.2 Å². The smallest absolute Gasteiger partial charge is 0.258 e. The summed E-state index contributed by atoms with van der Waals surface area (Å²) in [5.74, 6) is 0.952. The number of ether oxygens (including phenoxy) is 1. The molecule has 1 aliphatic rings. The molecule has 0 spiro atoms. The number of aromatic amines is 1. The van der Waals surface area contributed by atoms with Crippen molar-refractivity contribution in [2.24, 2.45) is 0 Å². The van der Waals surface area contributed by atoms with E-state index in [9.17, 15) is 4.79 Å². The highest BCUT2D eigenvalue weighted by Gasteiger charge is 2.35. The van der Waals surface area contributed by atoms with Gasteiger partial charge >= 0.3 is 0 Å². The Bertz CT molecular complexity index is 1290. The van der Waals surface area contributed by atoms with E-state index in [4.69, 9.17) is 27.9 Å². The summed E-state index contributed by atoms with van der Waals surface area (Å²) in [6.45, 7) is 1.72. The van der Waals surface area contributed by atoms with Crippen molar-refractivity contribution in [1.82, 2.24) is 9.97 Å². The molecule has 28 heavy (non-hydrogen) atoms. The molecule has 4 nitrogen and oxygen atoms in total. The van der Waals surface area contributed by atoms with Crippen LogP contribution in [0.5, 0.6) is 11.6 Å². The Morgan fingerprint density at radius 2 is 1.71 bits per heavy atom.